The lowest BCUT2D eigenvalue weighted by Gasteiger charge is -2.13. The van der Waals surface area contributed by atoms with E-state index in [1.165, 1.54) is 43.7 Å². The molecule has 1 fully saturated rings. The second-order valence-corrected chi connectivity index (χ2v) is 9.71. The first kappa shape index (κ1) is 27.9. The van der Waals surface area contributed by atoms with E-state index in [9.17, 15) is 4.39 Å². The van der Waals surface area contributed by atoms with E-state index in [1.54, 1.807) is 18.3 Å². The fourth-order valence-electron chi connectivity index (χ4n) is 3.97. The fraction of sp³-hybridized carbons (Fsp3) is 0.286. The smallest absolute Gasteiger partial charge is 0.147 e. The number of hydrogen-bond acceptors (Lipinski definition) is 6. The Morgan fingerprint density at radius 3 is 2.47 bits per heavy atom. The van der Waals surface area contributed by atoms with Crippen LogP contribution < -0.4 is 16.2 Å². The molecule has 1 saturated carbocycles. The van der Waals surface area contributed by atoms with Gasteiger partial charge in [-0.3, -0.25) is 9.98 Å². The third-order valence-corrected chi connectivity index (χ3v) is 7.24. The normalized spacial score (nSPS) is 13.5. The lowest BCUT2D eigenvalue weighted by molar-refractivity contribution is 0.633. The maximum atomic E-state index is 14.8. The molecule has 190 valence electrons. The summed E-state index contributed by atoms with van der Waals surface area (Å²) in [7, 11) is 0. The Morgan fingerprint density at radius 2 is 1.89 bits per heavy atom. The molecule has 4 rings (SSSR count). The van der Waals surface area contributed by atoms with Crippen LogP contribution in [0.15, 0.2) is 69.5 Å². The third kappa shape index (κ3) is 7.64. The van der Waals surface area contributed by atoms with Crippen molar-refractivity contribution in [2.24, 2.45) is 21.5 Å². The number of halogens is 2. The highest BCUT2D eigenvalue weighted by Gasteiger charge is 2.12. The molecular weight excluding hydrogens is 493 g/mol. The Labute approximate surface area is 222 Å². The van der Waals surface area contributed by atoms with Crippen molar-refractivity contribution in [3.63, 3.8) is 0 Å². The van der Waals surface area contributed by atoms with E-state index >= 15 is 0 Å². The zero-order chi connectivity index (χ0) is 25.9. The molecule has 0 saturated heterocycles. The van der Waals surface area contributed by atoms with Crippen molar-refractivity contribution in [2.75, 3.05) is 11.4 Å². The van der Waals surface area contributed by atoms with Crippen molar-refractivity contribution in [3.8, 4) is 11.1 Å². The van der Waals surface area contributed by atoms with Crippen LogP contribution >= 0.6 is 23.5 Å². The summed E-state index contributed by atoms with van der Waals surface area (Å²) in [5.41, 5.74) is 15.6. The number of nitrogens with two attached hydrogens (primary N) is 2. The SMILES string of the molecule is C=Nc1c(/C=N\CN)cc(-c2ccc(NSc3ccccc3Cl)c(F)c2)cc1CC.NC1CCCC1. The first-order chi connectivity index (χ1) is 17.5. The molecule has 0 aromatic heterocycles. The van der Waals surface area contributed by atoms with E-state index in [2.05, 4.69) is 21.4 Å². The minimum Gasteiger partial charge on any atom is -0.328 e. The average molecular weight is 526 g/mol. The van der Waals surface area contributed by atoms with Gasteiger partial charge in [-0.1, -0.05) is 49.6 Å². The molecule has 0 spiro atoms. The Bertz CT molecular complexity index is 1190. The molecule has 0 unspecified atom stereocenters. The molecule has 36 heavy (non-hydrogen) atoms. The lowest BCUT2D eigenvalue weighted by Crippen LogP contribution is -2.13. The van der Waals surface area contributed by atoms with Gasteiger partial charge in [-0.15, -0.1) is 0 Å². The molecule has 0 heterocycles. The van der Waals surface area contributed by atoms with Crippen molar-refractivity contribution in [3.05, 3.63) is 76.6 Å². The molecule has 0 radical (unpaired) electrons. The van der Waals surface area contributed by atoms with Gasteiger partial charge in [-0.2, -0.15) is 0 Å². The molecule has 5 N–H and O–H groups in total. The highest BCUT2D eigenvalue weighted by molar-refractivity contribution is 8.00. The van der Waals surface area contributed by atoms with E-state index in [-0.39, 0.29) is 12.5 Å². The van der Waals surface area contributed by atoms with Gasteiger partial charge in [0.15, 0.2) is 0 Å². The van der Waals surface area contributed by atoms with Crippen molar-refractivity contribution in [1.82, 2.24) is 0 Å². The standard InChI is InChI=1S/C23H22ClFN4S.C5H11N/c1-3-15-10-17(11-18(13-28-14-26)23(15)27-2)16-8-9-21(20(25)12-16)29-30-22-7-5-4-6-19(22)24;6-5-3-1-2-4-5/h4-13,29H,2-3,14,26H2,1H3;5H,1-4,6H2/b28-13-;. The van der Waals surface area contributed by atoms with E-state index in [4.69, 9.17) is 23.1 Å². The predicted molar refractivity (Wildman–Crippen MR) is 154 cm³/mol. The van der Waals surface area contributed by atoms with E-state index < -0.39 is 0 Å². The second kappa shape index (κ2) is 14.1. The Hall–Kier alpha value is -2.71. The summed E-state index contributed by atoms with van der Waals surface area (Å²) in [6.07, 6.45) is 7.70. The van der Waals surface area contributed by atoms with Gasteiger partial charge >= 0.3 is 0 Å². The molecule has 0 atom stereocenters. The van der Waals surface area contributed by atoms with Crippen LogP contribution in [-0.2, 0) is 6.42 Å². The van der Waals surface area contributed by atoms with Crippen molar-refractivity contribution < 1.29 is 4.39 Å². The minimum atomic E-state index is -0.354. The first-order valence-corrected chi connectivity index (χ1v) is 13.2. The summed E-state index contributed by atoms with van der Waals surface area (Å²) in [5.74, 6) is -0.354. The molecule has 1 aliphatic carbocycles. The summed E-state index contributed by atoms with van der Waals surface area (Å²) < 4.78 is 17.8. The van der Waals surface area contributed by atoms with Crippen LogP contribution in [0.4, 0.5) is 15.8 Å². The van der Waals surface area contributed by atoms with E-state index in [0.717, 1.165) is 39.3 Å². The zero-order valence-corrected chi connectivity index (χ0v) is 22.1. The quantitative estimate of drug-likeness (QED) is 0.211. The molecular formula is C28H33ClFN5S. The zero-order valence-electron chi connectivity index (χ0n) is 20.5. The maximum Gasteiger partial charge on any atom is 0.147 e. The Morgan fingerprint density at radius 1 is 1.14 bits per heavy atom. The van der Waals surface area contributed by atoms with Crippen LogP contribution in [0.2, 0.25) is 5.02 Å². The molecule has 3 aromatic rings. The van der Waals surface area contributed by atoms with Gasteiger partial charge < -0.3 is 16.2 Å². The Balaban J connectivity index is 0.000000526. The molecule has 0 bridgehead atoms. The van der Waals surface area contributed by atoms with Gasteiger partial charge in [0.05, 0.1) is 23.1 Å². The number of aryl methyl sites for hydroxylation is 1. The summed E-state index contributed by atoms with van der Waals surface area (Å²) in [6.45, 7) is 5.88. The molecule has 1 aliphatic rings. The minimum absolute atomic E-state index is 0.181. The van der Waals surface area contributed by atoms with Gasteiger partial charge in [-0.05, 0) is 91.0 Å². The Kier molecular flexibility index (Phi) is 10.9. The van der Waals surface area contributed by atoms with Gasteiger partial charge in [-0.25, -0.2) is 4.39 Å². The number of nitrogens with zero attached hydrogens (tertiary/aromatic N) is 2. The van der Waals surface area contributed by atoms with Crippen molar-refractivity contribution in [2.45, 2.75) is 50.0 Å². The highest BCUT2D eigenvalue weighted by Crippen LogP contribution is 2.34. The van der Waals surface area contributed by atoms with Crippen LogP contribution in [0, 0.1) is 5.82 Å². The highest BCUT2D eigenvalue weighted by atomic mass is 35.5. The third-order valence-electron chi connectivity index (χ3n) is 5.90. The molecule has 3 aromatic carbocycles. The van der Waals surface area contributed by atoms with E-state index in [0.29, 0.717) is 16.8 Å². The van der Waals surface area contributed by atoms with Crippen LogP contribution in [0.25, 0.3) is 11.1 Å². The first-order valence-electron chi connectivity index (χ1n) is 12.0. The summed E-state index contributed by atoms with van der Waals surface area (Å²) in [4.78, 5) is 9.09. The summed E-state index contributed by atoms with van der Waals surface area (Å²) in [5, 5.41) is 0.613. The van der Waals surface area contributed by atoms with Gasteiger partial charge in [0.1, 0.15) is 5.82 Å². The van der Waals surface area contributed by atoms with Crippen LogP contribution in [0.1, 0.15) is 43.7 Å². The number of benzene rings is 3. The van der Waals surface area contributed by atoms with Crippen LogP contribution in [0.5, 0.6) is 0 Å². The lowest BCUT2D eigenvalue weighted by atomic mass is 9.96. The number of nitrogens with one attached hydrogen (secondary N) is 1. The predicted octanol–water partition coefficient (Wildman–Crippen LogP) is 7.38. The van der Waals surface area contributed by atoms with Crippen LogP contribution in [0.3, 0.4) is 0 Å². The maximum absolute atomic E-state index is 14.8. The molecule has 0 amide bonds. The van der Waals surface area contributed by atoms with Crippen LogP contribution in [-0.4, -0.2) is 25.6 Å². The second-order valence-electron chi connectivity index (χ2n) is 8.45. The van der Waals surface area contributed by atoms with E-state index in [1.807, 2.05) is 43.3 Å². The van der Waals surface area contributed by atoms with Gasteiger partial charge in [0, 0.05) is 22.7 Å². The topological polar surface area (TPSA) is 88.8 Å². The summed E-state index contributed by atoms with van der Waals surface area (Å²) >= 11 is 7.42. The van der Waals surface area contributed by atoms with Crippen molar-refractivity contribution >= 4 is 47.9 Å². The number of rotatable bonds is 8. The largest absolute Gasteiger partial charge is 0.328 e. The molecule has 5 nitrogen and oxygen atoms in total. The average Bonchev–Trinajstić information content (AvgIpc) is 3.38. The number of hydrogen-bond donors (Lipinski definition) is 3. The molecule has 8 heteroatoms. The fourth-order valence-corrected chi connectivity index (χ4v) is 4.92. The number of anilines is 1. The van der Waals surface area contributed by atoms with Gasteiger partial charge in [0.2, 0.25) is 0 Å². The van der Waals surface area contributed by atoms with Crippen molar-refractivity contribution in [1.29, 1.82) is 0 Å². The number of aliphatic imine (C=N–C) groups is 2. The van der Waals surface area contributed by atoms with Gasteiger partial charge in [0.25, 0.3) is 0 Å². The molecule has 0 aliphatic heterocycles. The summed E-state index contributed by atoms with van der Waals surface area (Å²) in [6, 6.07) is 17.0. The monoisotopic (exact) mass is 525 g/mol.